The molecule has 4 rings (SSSR count). The van der Waals surface area contributed by atoms with E-state index in [1.165, 1.54) is 0 Å². The van der Waals surface area contributed by atoms with Gasteiger partial charge in [0.25, 0.3) is 5.91 Å². The number of aromatic nitrogens is 2. The summed E-state index contributed by atoms with van der Waals surface area (Å²) in [6, 6.07) is 11.8. The summed E-state index contributed by atoms with van der Waals surface area (Å²) in [6.07, 6.45) is 3.46. The number of fused-ring (bicyclic) bond motifs is 1. The van der Waals surface area contributed by atoms with Crippen molar-refractivity contribution in [2.24, 2.45) is 0 Å². The van der Waals surface area contributed by atoms with Crippen LogP contribution in [0.4, 0.5) is 0 Å². The molecule has 6 heteroatoms. The minimum atomic E-state index is -0.125. The second kappa shape index (κ2) is 7.40. The van der Waals surface area contributed by atoms with Gasteiger partial charge in [0.15, 0.2) is 5.76 Å². The van der Waals surface area contributed by atoms with Gasteiger partial charge in [-0.1, -0.05) is 6.07 Å². The molecule has 0 fully saturated rings. The lowest BCUT2D eigenvalue weighted by Crippen LogP contribution is -2.37. The highest BCUT2D eigenvalue weighted by atomic mass is 16.5. The first-order chi connectivity index (χ1) is 13.1. The third-order valence-electron chi connectivity index (χ3n) is 4.86. The summed E-state index contributed by atoms with van der Waals surface area (Å²) in [5.41, 5.74) is 3.80. The molecule has 0 spiro atoms. The van der Waals surface area contributed by atoms with Crippen molar-refractivity contribution >= 4 is 5.91 Å². The topological polar surface area (TPSA) is 60.5 Å². The Labute approximate surface area is 158 Å². The molecule has 0 aromatic carbocycles. The van der Waals surface area contributed by atoms with Crippen molar-refractivity contribution in [2.45, 2.75) is 39.6 Å². The summed E-state index contributed by atoms with van der Waals surface area (Å²) in [4.78, 5) is 19.3. The van der Waals surface area contributed by atoms with Crippen LogP contribution in [0.5, 0.6) is 0 Å². The van der Waals surface area contributed by atoms with Gasteiger partial charge in [-0.15, -0.1) is 0 Å². The van der Waals surface area contributed by atoms with Crippen molar-refractivity contribution in [2.75, 3.05) is 6.54 Å². The van der Waals surface area contributed by atoms with Crippen LogP contribution in [-0.4, -0.2) is 33.0 Å². The minimum absolute atomic E-state index is 0.102. The van der Waals surface area contributed by atoms with Crippen LogP contribution in [0.15, 0.2) is 53.3 Å². The molecule has 1 amide bonds. The summed E-state index contributed by atoms with van der Waals surface area (Å²) in [5, 5.41) is 0. The normalized spacial score (nSPS) is 16.8. The average Bonchev–Trinajstić information content (AvgIpc) is 3.23. The lowest BCUT2D eigenvalue weighted by molar-refractivity contribution is 0.00844. The highest BCUT2D eigenvalue weighted by Crippen LogP contribution is 2.20. The second-order valence-corrected chi connectivity index (χ2v) is 6.97. The number of hydrogen-bond acceptors (Lipinski definition) is 4. The maximum Gasteiger partial charge on any atom is 0.290 e. The Morgan fingerprint density at radius 3 is 2.89 bits per heavy atom. The van der Waals surface area contributed by atoms with Crippen molar-refractivity contribution in [1.29, 1.82) is 0 Å². The van der Waals surface area contributed by atoms with E-state index in [1.54, 1.807) is 11.2 Å². The largest absolute Gasteiger partial charge is 0.459 e. The Morgan fingerprint density at radius 2 is 2.11 bits per heavy atom. The van der Waals surface area contributed by atoms with Crippen LogP contribution in [0.2, 0.25) is 0 Å². The van der Waals surface area contributed by atoms with Crippen LogP contribution < -0.4 is 0 Å². The molecule has 1 unspecified atom stereocenters. The van der Waals surface area contributed by atoms with Crippen molar-refractivity contribution < 1.29 is 13.9 Å². The zero-order valence-electron chi connectivity index (χ0n) is 15.6. The monoisotopic (exact) mass is 365 g/mol. The zero-order valence-corrected chi connectivity index (χ0v) is 15.6. The predicted octanol–water partition coefficient (Wildman–Crippen LogP) is 3.33. The SMILES string of the molecule is Cc1cccc(COC2CN(C(=O)c3occc3C)Cc3cccn3C2)n1. The zero-order chi connectivity index (χ0) is 18.8. The molecule has 1 aliphatic rings. The number of aryl methyl sites for hydroxylation is 2. The van der Waals surface area contributed by atoms with Crippen LogP contribution >= 0.6 is 0 Å². The van der Waals surface area contributed by atoms with E-state index >= 15 is 0 Å². The van der Waals surface area contributed by atoms with E-state index in [0.717, 1.165) is 22.6 Å². The van der Waals surface area contributed by atoms with Gasteiger partial charge in [-0.05, 0) is 44.2 Å². The first-order valence-corrected chi connectivity index (χ1v) is 9.11. The van der Waals surface area contributed by atoms with Gasteiger partial charge in [0.1, 0.15) is 0 Å². The molecule has 0 aliphatic carbocycles. The molecule has 1 atom stereocenters. The fourth-order valence-electron chi connectivity index (χ4n) is 3.43. The van der Waals surface area contributed by atoms with Crippen LogP contribution in [0, 0.1) is 13.8 Å². The van der Waals surface area contributed by atoms with Crippen LogP contribution in [-0.2, 0) is 24.4 Å². The average molecular weight is 365 g/mol. The number of pyridine rings is 1. The smallest absolute Gasteiger partial charge is 0.290 e. The summed E-state index contributed by atoms with van der Waals surface area (Å²) in [7, 11) is 0. The fraction of sp³-hybridized carbons (Fsp3) is 0.333. The molecule has 0 saturated carbocycles. The molecule has 0 saturated heterocycles. The van der Waals surface area contributed by atoms with Crippen LogP contribution in [0.3, 0.4) is 0 Å². The molecule has 6 nitrogen and oxygen atoms in total. The van der Waals surface area contributed by atoms with E-state index in [2.05, 4.69) is 9.55 Å². The highest BCUT2D eigenvalue weighted by Gasteiger charge is 2.28. The van der Waals surface area contributed by atoms with Crippen molar-refractivity contribution in [3.05, 3.63) is 77.3 Å². The first-order valence-electron chi connectivity index (χ1n) is 9.11. The number of carbonyl (C=O) groups excluding carboxylic acids is 1. The summed E-state index contributed by atoms with van der Waals surface area (Å²) < 4.78 is 13.7. The number of nitrogens with zero attached hydrogens (tertiary/aromatic N) is 3. The third-order valence-corrected chi connectivity index (χ3v) is 4.86. The quantitative estimate of drug-likeness (QED) is 0.711. The molecule has 3 aromatic rings. The highest BCUT2D eigenvalue weighted by molar-refractivity contribution is 5.92. The van der Waals surface area contributed by atoms with Crippen molar-refractivity contribution in [1.82, 2.24) is 14.5 Å². The van der Waals surface area contributed by atoms with E-state index < -0.39 is 0 Å². The second-order valence-electron chi connectivity index (χ2n) is 6.97. The van der Waals surface area contributed by atoms with Gasteiger partial charge in [-0.2, -0.15) is 0 Å². The molecule has 0 N–H and O–H groups in total. The maximum absolute atomic E-state index is 13.0. The van der Waals surface area contributed by atoms with Gasteiger partial charge in [-0.25, -0.2) is 0 Å². The van der Waals surface area contributed by atoms with Crippen molar-refractivity contribution in [3.63, 3.8) is 0 Å². The van der Waals surface area contributed by atoms with Gasteiger partial charge in [0.2, 0.25) is 0 Å². The van der Waals surface area contributed by atoms with Gasteiger partial charge in [-0.3, -0.25) is 9.78 Å². The van der Waals surface area contributed by atoms with Gasteiger partial charge >= 0.3 is 0 Å². The van der Waals surface area contributed by atoms with Gasteiger partial charge in [0.05, 0.1) is 37.8 Å². The lowest BCUT2D eigenvalue weighted by atomic mass is 10.2. The molecular formula is C21H23N3O3. The molecule has 27 heavy (non-hydrogen) atoms. The van der Waals surface area contributed by atoms with Crippen molar-refractivity contribution in [3.8, 4) is 0 Å². The molecule has 140 valence electrons. The minimum Gasteiger partial charge on any atom is -0.459 e. The van der Waals surface area contributed by atoms with Gasteiger partial charge < -0.3 is 18.6 Å². The Hall–Kier alpha value is -2.86. The number of hydrogen-bond donors (Lipinski definition) is 0. The third kappa shape index (κ3) is 3.80. The van der Waals surface area contributed by atoms with E-state index in [0.29, 0.717) is 32.0 Å². The van der Waals surface area contributed by atoms with E-state index in [9.17, 15) is 4.79 Å². The Morgan fingerprint density at radius 1 is 1.22 bits per heavy atom. The molecule has 0 bridgehead atoms. The lowest BCUT2D eigenvalue weighted by Gasteiger charge is -2.24. The summed E-state index contributed by atoms with van der Waals surface area (Å²) >= 11 is 0. The van der Waals surface area contributed by atoms with E-state index in [1.807, 2.05) is 56.4 Å². The van der Waals surface area contributed by atoms with Crippen LogP contribution in [0.25, 0.3) is 0 Å². The predicted molar refractivity (Wildman–Crippen MR) is 100 cm³/mol. The summed E-state index contributed by atoms with van der Waals surface area (Å²) in [6.45, 7) is 6.02. The van der Waals surface area contributed by atoms with E-state index in [-0.39, 0.29) is 12.0 Å². The standard InChI is InChI=1S/C21H23N3O3/c1-15-8-10-26-20(15)21(25)24-11-18-7-4-9-23(18)12-19(13-24)27-14-17-6-3-5-16(2)22-17/h3-10,19H,11-14H2,1-2H3. The molecular weight excluding hydrogens is 342 g/mol. The number of carbonyl (C=O) groups is 1. The number of ether oxygens (including phenoxy) is 1. The number of furan rings is 1. The number of rotatable bonds is 4. The maximum atomic E-state index is 13.0. The van der Waals surface area contributed by atoms with Crippen LogP contribution in [0.1, 0.15) is 33.2 Å². The summed E-state index contributed by atoms with van der Waals surface area (Å²) in [5.74, 6) is 0.295. The molecule has 3 aromatic heterocycles. The Bertz CT molecular complexity index is 944. The number of amides is 1. The molecule has 4 heterocycles. The Kier molecular flexibility index (Phi) is 4.81. The van der Waals surface area contributed by atoms with Gasteiger partial charge in [0, 0.05) is 29.7 Å². The Balaban J connectivity index is 1.53. The first kappa shape index (κ1) is 17.5. The van der Waals surface area contributed by atoms with E-state index in [4.69, 9.17) is 9.15 Å². The fourth-order valence-corrected chi connectivity index (χ4v) is 3.43. The molecule has 0 radical (unpaired) electrons. The molecule has 1 aliphatic heterocycles.